The highest BCUT2D eigenvalue weighted by molar-refractivity contribution is 7.81. The molecule has 1 heterocycles. The van der Waals surface area contributed by atoms with Gasteiger partial charge in [-0.1, -0.05) is 11.5 Å². The third-order valence-corrected chi connectivity index (χ3v) is 4.12. The van der Waals surface area contributed by atoms with Crippen molar-refractivity contribution in [3.05, 3.63) is 11.5 Å². The van der Waals surface area contributed by atoms with Crippen LogP contribution in [0.25, 0.3) is 0 Å². The van der Waals surface area contributed by atoms with Crippen LogP contribution in [-0.2, 0) is 9.39 Å². The second-order valence-corrected chi connectivity index (χ2v) is 8.56. The predicted octanol–water partition coefficient (Wildman–Crippen LogP) is 3.24. The summed E-state index contributed by atoms with van der Waals surface area (Å²) >= 11 is 4.56. The second kappa shape index (κ2) is 6.25. The lowest BCUT2D eigenvalue weighted by molar-refractivity contribution is 0.0302. The van der Waals surface area contributed by atoms with Crippen molar-refractivity contribution in [2.75, 3.05) is 13.1 Å². The Morgan fingerprint density at radius 1 is 1.24 bits per heavy atom. The van der Waals surface area contributed by atoms with E-state index in [0.717, 1.165) is 5.47 Å². The highest BCUT2D eigenvalue weighted by Gasteiger charge is 2.35. The van der Waals surface area contributed by atoms with E-state index in [1.54, 1.807) is 12.4 Å². The number of ether oxygens (including phenoxy) is 1. The Hall–Kier alpha value is -0.615. The quantitative estimate of drug-likeness (QED) is 0.640. The van der Waals surface area contributed by atoms with E-state index in [0.29, 0.717) is 13.1 Å². The number of hydrogen-bond acceptors (Lipinski definition) is 4. The first-order valence-electron chi connectivity index (χ1n) is 7.22. The van der Waals surface area contributed by atoms with Crippen LogP contribution in [0, 0.1) is 0 Å². The molecule has 0 bridgehead atoms. The SMILES string of the molecule is CC(C)(C)OC(=O)N1CC=C([B]OC(C)(C)C(C)(C)S)C1. The third kappa shape index (κ3) is 5.59. The maximum absolute atomic E-state index is 12.0. The largest absolute Gasteiger partial charge is 0.444 e. The molecule has 0 fully saturated rings. The summed E-state index contributed by atoms with van der Waals surface area (Å²) in [5.74, 6) is 0. The van der Waals surface area contributed by atoms with E-state index in [4.69, 9.17) is 9.39 Å². The van der Waals surface area contributed by atoms with Gasteiger partial charge in [0.25, 0.3) is 0 Å². The minimum Gasteiger partial charge on any atom is -0.444 e. The fraction of sp³-hybridized carbons (Fsp3) is 0.800. The molecule has 0 N–H and O–H groups in total. The van der Waals surface area contributed by atoms with Crippen molar-refractivity contribution >= 4 is 26.2 Å². The molecule has 0 saturated heterocycles. The first-order valence-corrected chi connectivity index (χ1v) is 7.67. The van der Waals surface area contributed by atoms with Crippen LogP contribution >= 0.6 is 12.6 Å². The Kier molecular flexibility index (Phi) is 5.48. The Morgan fingerprint density at radius 2 is 1.81 bits per heavy atom. The van der Waals surface area contributed by atoms with Crippen molar-refractivity contribution in [2.45, 2.75) is 64.4 Å². The van der Waals surface area contributed by atoms with Crippen molar-refractivity contribution < 1.29 is 14.2 Å². The van der Waals surface area contributed by atoms with Gasteiger partial charge in [0, 0.05) is 17.8 Å². The molecule has 1 amide bonds. The molecule has 0 aromatic rings. The van der Waals surface area contributed by atoms with E-state index < -0.39 is 11.2 Å². The van der Waals surface area contributed by atoms with Gasteiger partial charge in [-0.15, -0.1) is 0 Å². The molecule has 119 valence electrons. The molecule has 21 heavy (non-hydrogen) atoms. The van der Waals surface area contributed by atoms with Gasteiger partial charge in [0.1, 0.15) is 5.60 Å². The molecule has 0 unspecified atom stereocenters. The van der Waals surface area contributed by atoms with Crippen molar-refractivity contribution in [2.24, 2.45) is 0 Å². The number of carbonyl (C=O) groups excluding carboxylic acids is 1. The number of thiol groups is 1. The number of nitrogens with zero attached hydrogens (tertiary/aromatic N) is 1. The standard InChI is InChI=1S/C15H27BNO3S/c1-13(2,3)19-12(18)17-9-8-11(10-17)16-20-14(4,5)15(6,7)21/h8,21H,9-10H2,1-7H3. The van der Waals surface area contributed by atoms with E-state index in [1.165, 1.54) is 0 Å². The van der Waals surface area contributed by atoms with E-state index in [9.17, 15) is 4.79 Å². The minimum atomic E-state index is -0.474. The van der Waals surface area contributed by atoms with Gasteiger partial charge in [-0.25, -0.2) is 4.79 Å². The minimum absolute atomic E-state index is 0.270. The summed E-state index contributed by atoms with van der Waals surface area (Å²) in [6, 6.07) is 0. The van der Waals surface area contributed by atoms with Gasteiger partial charge in [0.05, 0.1) is 5.60 Å². The molecule has 0 atom stereocenters. The summed E-state index contributed by atoms with van der Waals surface area (Å²) in [4.78, 5) is 13.6. The molecule has 1 rings (SSSR count). The van der Waals surface area contributed by atoms with Crippen LogP contribution in [0.5, 0.6) is 0 Å². The first-order chi connectivity index (χ1) is 9.32. The monoisotopic (exact) mass is 312 g/mol. The summed E-state index contributed by atoms with van der Waals surface area (Å²) in [6.45, 7) is 14.7. The third-order valence-electron chi connectivity index (χ3n) is 3.58. The van der Waals surface area contributed by atoms with E-state index in [-0.39, 0.29) is 10.8 Å². The maximum atomic E-state index is 12.0. The summed E-state index contributed by atoms with van der Waals surface area (Å²) in [6.07, 6.45) is 1.68. The first kappa shape index (κ1) is 18.4. The van der Waals surface area contributed by atoms with Crippen LogP contribution in [0.2, 0.25) is 0 Å². The van der Waals surface area contributed by atoms with E-state index >= 15 is 0 Å². The van der Waals surface area contributed by atoms with Crippen LogP contribution in [0.1, 0.15) is 48.5 Å². The fourth-order valence-corrected chi connectivity index (χ4v) is 1.55. The Balaban J connectivity index is 2.47. The number of rotatable bonds is 4. The predicted molar refractivity (Wildman–Crippen MR) is 89.9 cm³/mol. The number of hydrogen-bond donors (Lipinski definition) is 1. The lowest BCUT2D eigenvalue weighted by Gasteiger charge is -2.38. The lowest BCUT2D eigenvalue weighted by atomic mass is 9.84. The average Bonchev–Trinajstić information content (AvgIpc) is 2.71. The zero-order chi connectivity index (χ0) is 16.5. The molecular formula is C15H27BNO3S. The normalized spacial score (nSPS) is 16.8. The number of carbonyl (C=O) groups is 1. The van der Waals surface area contributed by atoms with Gasteiger partial charge in [0.2, 0.25) is 0 Å². The van der Waals surface area contributed by atoms with Crippen molar-refractivity contribution in [1.82, 2.24) is 4.90 Å². The molecule has 0 saturated carbocycles. The van der Waals surface area contributed by atoms with Crippen LogP contribution in [-0.4, -0.2) is 47.5 Å². The summed E-state index contributed by atoms with van der Waals surface area (Å²) in [5.41, 5.74) is 0.0977. The van der Waals surface area contributed by atoms with Crippen LogP contribution in [0.3, 0.4) is 0 Å². The van der Waals surface area contributed by atoms with E-state index in [2.05, 4.69) is 12.6 Å². The van der Waals surface area contributed by atoms with Crippen molar-refractivity contribution in [3.8, 4) is 0 Å². The summed E-state index contributed by atoms with van der Waals surface area (Å²) in [7, 11) is 1.72. The van der Waals surface area contributed by atoms with Crippen LogP contribution in [0.4, 0.5) is 4.79 Å². The molecule has 0 aromatic heterocycles. The maximum Gasteiger partial charge on any atom is 0.410 e. The summed E-state index contributed by atoms with van der Waals surface area (Å²) in [5, 5.41) is 0. The number of amides is 1. The topological polar surface area (TPSA) is 38.8 Å². The molecule has 6 heteroatoms. The zero-order valence-corrected chi connectivity index (χ0v) is 15.1. The molecule has 0 spiro atoms. The molecule has 0 aliphatic carbocycles. The van der Waals surface area contributed by atoms with Gasteiger partial charge in [0.15, 0.2) is 0 Å². The highest BCUT2D eigenvalue weighted by atomic mass is 32.1. The average molecular weight is 312 g/mol. The van der Waals surface area contributed by atoms with Crippen molar-refractivity contribution in [1.29, 1.82) is 0 Å². The Labute approximate surface area is 134 Å². The van der Waals surface area contributed by atoms with Crippen LogP contribution < -0.4 is 0 Å². The van der Waals surface area contributed by atoms with Crippen molar-refractivity contribution in [3.63, 3.8) is 0 Å². The molecule has 1 radical (unpaired) electrons. The molecule has 1 aliphatic heterocycles. The molecule has 1 aliphatic rings. The van der Waals surface area contributed by atoms with E-state index in [1.807, 2.05) is 54.5 Å². The van der Waals surface area contributed by atoms with Gasteiger partial charge < -0.3 is 14.3 Å². The molecule has 4 nitrogen and oxygen atoms in total. The Morgan fingerprint density at radius 3 is 2.29 bits per heavy atom. The highest BCUT2D eigenvalue weighted by Crippen LogP contribution is 2.31. The van der Waals surface area contributed by atoms with Gasteiger partial charge in [-0.3, -0.25) is 0 Å². The van der Waals surface area contributed by atoms with Gasteiger partial charge in [-0.2, -0.15) is 12.6 Å². The van der Waals surface area contributed by atoms with Crippen LogP contribution in [0.15, 0.2) is 11.5 Å². The second-order valence-electron chi connectivity index (χ2n) is 7.44. The Bertz CT molecular complexity index is 422. The summed E-state index contributed by atoms with van der Waals surface area (Å²) < 4.78 is 10.9. The molecule has 0 aromatic carbocycles. The lowest BCUT2D eigenvalue weighted by Crippen LogP contribution is -2.44. The molecular weight excluding hydrogens is 285 g/mol. The zero-order valence-electron chi connectivity index (χ0n) is 14.2. The van der Waals surface area contributed by atoms with Gasteiger partial charge >= 0.3 is 13.6 Å². The van der Waals surface area contributed by atoms with Gasteiger partial charge in [-0.05, 0) is 48.5 Å². The smallest absolute Gasteiger partial charge is 0.410 e. The fourth-order valence-electron chi connectivity index (χ4n) is 1.50.